The van der Waals surface area contributed by atoms with E-state index in [4.69, 9.17) is 17.2 Å². The first kappa shape index (κ1) is 17.1. The lowest BCUT2D eigenvalue weighted by Gasteiger charge is -2.34. The number of nitrogens with two attached hydrogens (primary N) is 3. The first-order valence-corrected chi connectivity index (χ1v) is 9.72. The van der Waals surface area contributed by atoms with Crippen LogP contribution in [0.15, 0.2) is 70.8 Å². The highest BCUT2D eigenvalue weighted by molar-refractivity contribution is 5.92. The Balaban J connectivity index is 1.90. The average Bonchev–Trinajstić information content (AvgIpc) is 2.66. The third kappa shape index (κ3) is 2.99. The van der Waals surface area contributed by atoms with E-state index in [1.807, 2.05) is 0 Å². The van der Waals surface area contributed by atoms with Gasteiger partial charge in [0, 0.05) is 35.9 Å². The Morgan fingerprint density at radius 1 is 1.08 bits per heavy atom. The van der Waals surface area contributed by atoms with E-state index in [1.165, 1.54) is 22.6 Å². The van der Waals surface area contributed by atoms with Gasteiger partial charge >= 0.3 is 0 Å². The summed E-state index contributed by atoms with van der Waals surface area (Å²) in [5.74, 6) is 0.771. The van der Waals surface area contributed by atoms with Gasteiger partial charge in [0.1, 0.15) is 6.54 Å². The van der Waals surface area contributed by atoms with Crippen molar-refractivity contribution in [2.45, 2.75) is 32.1 Å². The van der Waals surface area contributed by atoms with E-state index >= 15 is 0 Å². The molecule has 1 aliphatic heterocycles. The fourth-order valence-corrected chi connectivity index (χ4v) is 4.65. The maximum Gasteiger partial charge on any atom is 0.210 e. The maximum atomic E-state index is 6.25. The molecule has 0 spiro atoms. The minimum absolute atomic E-state index is 0.366. The molecule has 0 aromatic carbocycles. The van der Waals surface area contributed by atoms with Crippen LogP contribution >= 0.6 is 0 Å². The molecule has 0 saturated carbocycles. The molecule has 26 heavy (non-hydrogen) atoms. The van der Waals surface area contributed by atoms with Crippen LogP contribution in [0, 0.1) is 11.8 Å². The van der Waals surface area contributed by atoms with Crippen LogP contribution < -0.4 is 17.2 Å². The van der Waals surface area contributed by atoms with Crippen molar-refractivity contribution in [3.05, 3.63) is 70.8 Å². The second kappa shape index (κ2) is 7.12. The summed E-state index contributed by atoms with van der Waals surface area (Å²) >= 11 is 0. The predicted molar refractivity (Wildman–Crippen MR) is 107 cm³/mol. The molecule has 2 atom stereocenters. The zero-order valence-electron chi connectivity index (χ0n) is 15.3. The van der Waals surface area contributed by atoms with Gasteiger partial charge in [0.2, 0.25) is 5.70 Å². The van der Waals surface area contributed by atoms with E-state index < -0.39 is 0 Å². The molecule has 4 aliphatic rings. The molecule has 4 nitrogen and oxygen atoms in total. The molecule has 136 valence electrons. The number of fused-ring (bicyclic) bond motifs is 2. The Morgan fingerprint density at radius 2 is 1.96 bits per heavy atom. The number of rotatable bonds is 4. The first-order valence-electron chi connectivity index (χ1n) is 9.72. The van der Waals surface area contributed by atoms with Crippen LogP contribution in [0.2, 0.25) is 0 Å². The fraction of sp³-hybridized carbons (Fsp3) is 0.409. The van der Waals surface area contributed by atoms with E-state index in [1.54, 1.807) is 0 Å². The lowest BCUT2D eigenvalue weighted by atomic mass is 9.72. The lowest BCUT2D eigenvalue weighted by molar-refractivity contribution is -0.479. The summed E-state index contributed by atoms with van der Waals surface area (Å²) in [7, 11) is 0. The highest BCUT2D eigenvalue weighted by Crippen LogP contribution is 2.42. The molecule has 6 N–H and O–H groups in total. The summed E-state index contributed by atoms with van der Waals surface area (Å²) in [6, 6.07) is 0. The largest absolute Gasteiger partial charge is 0.402 e. The summed E-state index contributed by atoms with van der Waals surface area (Å²) in [5, 5.41) is 0. The second-order valence-electron chi connectivity index (χ2n) is 7.58. The van der Waals surface area contributed by atoms with Gasteiger partial charge in [0.25, 0.3) is 0 Å². The lowest BCUT2D eigenvalue weighted by Crippen LogP contribution is -2.41. The molecule has 4 heteroatoms. The molecular formula is C22H29N4+. The molecule has 0 aromatic rings. The Bertz CT molecular complexity index is 817. The third-order valence-corrected chi connectivity index (χ3v) is 5.84. The van der Waals surface area contributed by atoms with Gasteiger partial charge < -0.3 is 17.2 Å². The van der Waals surface area contributed by atoms with Gasteiger partial charge in [-0.3, -0.25) is 0 Å². The standard InChI is InChI=1S/C22H29N4/c23-11-4-12-26-21-14-17(25)8-10-19(21)18-9-7-16(24)13-20(18)22(26)15-5-2-1-3-6-15/h1-3,5,7,9,14-15,20H,4,6,8,10-13,23-25H2/q+1. The smallest absolute Gasteiger partial charge is 0.210 e. The predicted octanol–water partition coefficient (Wildman–Crippen LogP) is 2.61. The van der Waals surface area contributed by atoms with E-state index in [9.17, 15) is 0 Å². The van der Waals surface area contributed by atoms with Crippen molar-refractivity contribution in [3.63, 3.8) is 0 Å². The zero-order valence-corrected chi connectivity index (χ0v) is 15.3. The van der Waals surface area contributed by atoms with Crippen LogP contribution in [0.1, 0.15) is 32.1 Å². The molecular weight excluding hydrogens is 320 g/mol. The van der Waals surface area contributed by atoms with Crippen molar-refractivity contribution in [1.29, 1.82) is 0 Å². The summed E-state index contributed by atoms with van der Waals surface area (Å²) in [6.45, 7) is 1.64. The monoisotopic (exact) mass is 349 g/mol. The molecule has 2 unspecified atom stereocenters. The van der Waals surface area contributed by atoms with Crippen molar-refractivity contribution in [2.75, 3.05) is 13.1 Å². The highest BCUT2D eigenvalue weighted by Gasteiger charge is 2.43. The van der Waals surface area contributed by atoms with Crippen LogP contribution in [0.3, 0.4) is 0 Å². The minimum Gasteiger partial charge on any atom is -0.402 e. The van der Waals surface area contributed by atoms with Crippen LogP contribution in [0.4, 0.5) is 0 Å². The van der Waals surface area contributed by atoms with Gasteiger partial charge in [-0.25, -0.2) is 0 Å². The second-order valence-corrected chi connectivity index (χ2v) is 7.58. The average molecular weight is 350 g/mol. The van der Waals surface area contributed by atoms with Crippen LogP contribution in [0.5, 0.6) is 0 Å². The van der Waals surface area contributed by atoms with E-state index in [-0.39, 0.29) is 0 Å². The van der Waals surface area contributed by atoms with Gasteiger partial charge in [0.15, 0.2) is 5.71 Å². The van der Waals surface area contributed by atoms with Crippen molar-refractivity contribution in [2.24, 2.45) is 29.0 Å². The summed E-state index contributed by atoms with van der Waals surface area (Å²) in [6.07, 6.45) is 20.3. The molecule has 0 fully saturated rings. The molecule has 3 aliphatic carbocycles. The SMILES string of the molecule is NCCC[N+]1=C(C2C=CC=CC2)C2CC(N)=CC=C2C2=C1C=C(N)CC2. The minimum atomic E-state index is 0.366. The molecule has 0 bridgehead atoms. The van der Waals surface area contributed by atoms with Crippen LogP contribution in [-0.4, -0.2) is 23.4 Å². The molecule has 0 amide bonds. The Labute approximate surface area is 155 Å². The van der Waals surface area contributed by atoms with Gasteiger partial charge in [-0.15, -0.1) is 0 Å². The fourth-order valence-electron chi connectivity index (χ4n) is 4.65. The Kier molecular flexibility index (Phi) is 4.68. The van der Waals surface area contributed by atoms with E-state index in [0.29, 0.717) is 18.4 Å². The summed E-state index contributed by atoms with van der Waals surface area (Å²) in [5.41, 5.74) is 25.9. The molecule has 0 aromatic heterocycles. The van der Waals surface area contributed by atoms with Gasteiger partial charge in [-0.1, -0.05) is 30.4 Å². The Morgan fingerprint density at radius 3 is 2.73 bits per heavy atom. The first-order chi connectivity index (χ1) is 12.7. The summed E-state index contributed by atoms with van der Waals surface area (Å²) in [4.78, 5) is 0. The normalized spacial score (nSPS) is 27.7. The van der Waals surface area contributed by atoms with Crippen molar-refractivity contribution in [1.82, 2.24) is 0 Å². The highest BCUT2D eigenvalue weighted by atomic mass is 15.0. The third-order valence-electron chi connectivity index (χ3n) is 5.84. The van der Waals surface area contributed by atoms with E-state index in [2.05, 4.69) is 47.1 Å². The van der Waals surface area contributed by atoms with Gasteiger partial charge in [-0.2, -0.15) is 4.58 Å². The topological polar surface area (TPSA) is 81.1 Å². The van der Waals surface area contributed by atoms with Crippen LogP contribution in [0.25, 0.3) is 0 Å². The maximum absolute atomic E-state index is 6.25. The van der Waals surface area contributed by atoms with Gasteiger partial charge in [0.05, 0.1) is 11.8 Å². The molecule has 4 rings (SSSR count). The van der Waals surface area contributed by atoms with Crippen LogP contribution in [-0.2, 0) is 0 Å². The van der Waals surface area contributed by atoms with Crippen molar-refractivity contribution < 1.29 is 4.58 Å². The molecule has 0 radical (unpaired) electrons. The number of allylic oxidation sites excluding steroid dienone is 11. The quantitative estimate of drug-likeness (QED) is 0.683. The molecule has 1 heterocycles. The van der Waals surface area contributed by atoms with Crippen molar-refractivity contribution >= 4 is 5.71 Å². The summed E-state index contributed by atoms with van der Waals surface area (Å²) < 4.78 is 2.52. The Hall–Kier alpha value is -2.33. The van der Waals surface area contributed by atoms with E-state index in [0.717, 1.165) is 50.0 Å². The zero-order chi connectivity index (χ0) is 18.1. The van der Waals surface area contributed by atoms with Crippen molar-refractivity contribution in [3.8, 4) is 0 Å². The number of hydrogen-bond donors (Lipinski definition) is 3. The molecule has 0 saturated heterocycles. The van der Waals surface area contributed by atoms with Gasteiger partial charge in [-0.05, 0) is 37.5 Å². The number of nitrogens with zero attached hydrogens (tertiary/aromatic N) is 1. The number of hydrogen-bond acceptors (Lipinski definition) is 3.